The van der Waals surface area contributed by atoms with Gasteiger partial charge >= 0.3 is 6.03 Å². The molecule has 0 aliphatic heterocycles. The largest absolute Gasteiger partial charge is 0.335 e. The Morgan fingerprint density at radius 3 is 3.09 bits per heavy atom. The van der Waals surface area contributed by atoms with Crippen LogP contribution in [0.5, 0.6) is 0 Å². The van der Waals surface area contributed by atoms with Crippen molar-refractivity contribution in [1.82, 2.24) is 15.1 Å². The van der Waals surface area contributed by atoms with Crippen LogP contribution in [0.25, 0.3) is 0 Å². The van der Waals surface area contributed by atoms with Gasteiger partial charge < -0.3 is 10.6 Å². The smallest absolute Gasteiger partial charge is 0.319 e. The second kappa shape index (κ2) is 8.36. The number of rotatable bonds is 6. The molecule has 0 spiro atoms. The van der Waals surface area contributed by atoms with Gasteiger partial charge in [0.25, 0.3) is 6.43 Å². The van der Waals surface area contributed by atoms with E-state index in [2.05, 4.69) is 22.7 Å². The van der Waals surface area contributed by atoms with Crippen LogP contribution in [-0.4, -0.2) is 39.3 Å². The fraction of sp³-hybridized carbons (Fsp3) is 0.714. The molecular formula is C14H22F2N4OS. The molecule has 0 saturated heterocycles. The molecule has 0 radical (unpaired) electrons. The number of thioether (sulfide) groups is 1. The van der Waals surface area contributed by atoms with Gasteiger partial charge in [-0.1, -0.05) is 13.3 Å². The molecule has 5 nitrogen and oxygen atoms in total. The number of amides is 2. The molecule has 1 fully saturated rings. The number of hydrogen-bond donors (Lipinski definition) is 2. The first-order valence-electron chi connectivity index (χ1n) is 7.56. The lowest BCUT2D eigenvalue weighted by Gasteiger charge is -2.29. The van der Waals surface area contributed by atoms with Gasteiger partial charge in [0.15, 0.2) is 0 Å². The highest BCUT2D eigenvalue weighted by Gasteiger charge is 2.23. The van der Waals surface area contributed by atoms with Crippen molar-refractivity contribution < 1.29 is 13.6 Å². The molecule has 0 unspecified atom stereocenters. The Bertz CT molecular complexity index is 481. The number of urea groups is 1. The van der Waals surface area contributed by atoms with E-state index in [1.54, 1.807) is 0 Å². The molecule has 2 atom stereocenters. The molecule has 8 heteroatoms. The van der Waals surface area contributed by atoms with Crippen LogP contribution < -0.4 is 10.6 Å². The number of alkyl halides is 2. The highest BCUT2D eigenvalue weighted by molar-refractivity contribution is 7.99. The first-order valence-corrected chi connectivity index (χ1v) is 8.61. The van der Waals surface area contributed by atoms with Crippen LogP contribution in [0.15, 0.2) is 12.4 Å². The molecule has 0 bridgehead atoms. The monoisotopic (exact) mass is 332 g/mol. The average Bonchev–Trinajstić information content (AvgIpc) is 2.85. The maximum atomic E-state index is 12.2. The van der Waals surface area contributed by atoms with E-state index < -0.39 is 13.0 Å². The van der Waals surface area contributed by atoms with Gasteiger partial charge in [0.2, 0.25) is 0 Å². The third-order valence-corrected chi connectivity index (χ3v) is 4.81. The van der Waals surface area contributed by atoms with Crippen molar-refractivity contribution in [3.63, 3.8) is 0 Å². The summed E-state index contributed by atoms with van der Waals surface area (Å²) in [4.78, 5) is 12.0. The summed E-state index contributed by atoms with van der Waals surface area (Å²) in [6, 6.07) is -0.127. The van der Waals surface area contributed by atoms with E-state index in [0.717, 1.165) is 29.7 Å². The summed E-state index contributed by atoms with van der Waals surface area (Å²) >= 11 is 1.94. The summed E-state index contributed by atoms with van der Waals surface area (Å²) in [5, 5.41) is 9.99. The summed E-state index contributed by atoms with van der Waals surface area (Å²) in [5.41, 5.74) is 0.424. The van der Waals surface area contributed by atoms with Gasteiger partial charge in [0.1, 0.15) is 6.54 Å². The number of nitrogens with zero attached hydrogens (tertiary/aromatic N) is 2. The van der Waals surface area contributed by atoms with Crippen molar-refractivity contribution in [2.24, 2.45) is 0 Å². The van der Waals surface area contributed by atoms with E-state index >= 15 is 0 Å². The fourth-order valence-electron chi connectivity index (χ4n) is 2.69. The second-order valence-corrected chi connectivity index (χ2v) is 6.96. The van der Waals surface area contributed by atoms with Gasteiger partial charge in [-0.05, 0) is 25.0 Å². The van der Waals surface area contributed by atoms with Crippen molar-refractivity contribution in [3.8, 4) is 0 Å². The van der Waals surface area contributed by atoms with Gasteiger partial charge in [0, 0.05) is 17.5 Å². The van der Waals surface area contributed by atoms with Gasteiger partial charge in [-0.3, -0.25) is 4.68 Å². The Labute approximate surface area is 133 Å². The summed E-state index contributed by atoms with van der Waals surface area (Å²) < 4.78 is 25.6. The Kier molecular flexibility index (Phi) is 6.48. The molecule has 2 rings (SSSR count). The zero-order valence-electron chi connectivity index (χ0n) is 12.6. The maximum absolute atomic E-state index is 12.2. The van der Waals surface area contributed by atoms with Crippen LogP contribution in [-0.2, 0) is 6.54 Å². The minimum Gasteiger partial charge on any atom is -0.335 e. The average molecular weight is 332 g/mol. The first kappa shape index (κ1) is 17.1. The number of anilines is 1. The van der Waals surface area contributed by atoms with Gasteiger partial charge in [-0.25, -0.2) is 13.6 Å². The van der Waals surface area contributed by atoms with Crippen molar-refractivity contribution in [1.29, 1.82) is 0 Å². The van der Waals surface area contributed by atoms with Crippen molar-refractivity contribution >= 4 is 23.5 Å². The first-order chi connectivity index (χ1) is 10.6. The maximum Gasteiger partial charge on any atom is 0.319 e. The molecule has 1 aromatic heterocycles. The fourth-order valence-corrected chi connectivity index (χ4v) is 3.86. The molecule has 2 N–H and O–H groups in total. The van der Waals surface area contributed by atoms with Crippen LogP contribution in [0, 0.1) is 0 Å². The zero-order valence-corrected chi connectivity index (χ0v) is 13.4. The Morgan fingerprint density at radius 2 is 2.36 bits per heavy atom. The Hall–Kier alpha value is -1.31. The lowest BCUT2D eigenvalue weighted by Crippen LogP contribution is -2.41. The van der Waals surface area contributed by atoms with Crippen LogP contribution >= 0.6 is 11.8 Å². The quantitative estimate of drug-likeness (QED) is 0.840. The van der Waals surface area contributed by atoms with Crippen LogP contribution in [0.4, 0.5) is 19.3 Å². The van der Waals surface area contributed by atoms with Crippen molar-refractivity contribution in [2.75, 3.05) is 11.1 Å². The molecule has 1 heterocycles. The van der Waals surface area contributed by atoms with E-state index in [-0.39, 0.29) is 12.1 Å². The van der Waals surface area contributed by atoms with Crippen LogP contribution in [0.3, 0.4) is 0 Å². The number of hydrogen-bond acceptors (Lipinski definition) is 3. The zero-order chi connectivity index (χ0) is 15.9. The standard InChI is InChI=1S/C14H22F2N4OS/c1-2-22-12-5-3-4-10(6-12)18-14(21)19-11-7-17-20(8-11)9-13(15)16/h7-8,10,12-13H,2-6,9H2,1H3,(H2,18,19,21)/t10-,12-/m1/s1. The summed E-state index contributed by atoms with van der Waals surface area (Å²) in [6.07, 6.45) is 4.61. The van der Waals surface area contributed by atoms with Gasteiger partial charge in [-0.2, -0.15) is 16.9 Å². The molecule has 2 amide bonds. The lowest BCUT2D eigenvalue weighted by atomic mass is 9.95. The molecular weight excluding hydrogens is 310 g/mol. The van der Waals surface area contributed by atoms with E-state index in [1.807, 2.05) is 11.8 Å². The third kappa shape index (κ3) is 5.47. The number of nitrogens with one attached hydrogen (secondary N) is 2. The highest BCUT2D eigenvalue weighted by atomic mass is 32.2. The van der Waals surface area contributed by atoms with E-state index in [4.69, 9.17) is 0 Å². The van der Waals surface area contributed by atoms with Crippen molar-refractivity contribution in [3.05, 3.63) is 12.4 Å². The number of aromatic nitrogens is 2. The number of carbonyl (C=O) groups excluding carboxylic acids is 1. The lowest BCUT2D eigenvalue weighted by molar-refractivity contribution is 0.122. The summed E-state index contributed by atoms with van der Waals surface area (Å²) in [7, 11) is 0. The minimum absolute atomic E-state index is 0.175. The van der Waals surface area contributed by atoms with Crippen LogP contribution in [0.2, 0.25) is 0 Å². The normalized spacial score (nSPS) is 21.8. The summed E-state index contributed by atoms with van der Waals surface area (Å²) in [6.45, 7) is 1.67. The van der Waals surface area contributed by atoms with Crippen molar-refractivity contribution in [2.45, 2.75) is 56.9 Å². The SMILES string of the molecule is CCS[C@@H]1CCC[C@@H](NC(=O)Nc2cnn(CC(F)F)c2)C1. The van der Waals surface area contributed by atoms with E-state index in [0.29, 0.717) is 10.9 Å². The van der Waals surface area contributed by atoms with E-state index in [9.17, 15) is 13.6 Å². The molecule has 1 aliphatic carbocycles. The number of carbonyl (C=O) groups is 1. The van der Waals surface area contributed by atoms with E-state index in [1.165, 1.54) is 18.8 Å². The van der Waals surface area contributed by atoms with Crippen LogP contribution in [0.1, 0.15) is 32.6 Å². The topological polar surface area (TPSA) is 59.0 Å². The van der Waals surface area contributed by atoms with Gasteiger partial charge in [-0.15, -0.1) is 0 Å². The Balaban J connectivity index is 1.78. The Morgan fingerprint density at radius 1 is 1.55 bits per heavy atom. The molecule has 124 valence electrons. The number of halogens is 2. The van der Waals surface area contributed by atoms with Gasteiger partial charge in [0.05, 0.1) is 11.9 Å². The molecule has 22 heavy (non-hydrogen) atoms. The molecule has 1 saturated carbocycles. The predicted octanol–water partition coefficient (Wildman–Crippen LogP) is 3.33. The summed E-state index contributed by atoms with van der Waals surface area (Å²) in [5.74, 6) is 1.09. The minimum atomic E-state index is -2.46. The third-order valence-electron chi connectivity index (χ3n) is 3.58. The molecule has 0 aromatic carbocycles. The predicted molar refractivity (Wildman–Crippen MR) is 84.6 cm³/mol. The molecule has 1 aromatic rings. The molecule has 1 aliphatic rings. The second-order valence-electron chi connectivity index (χ2n) is 5.38. The highest BCUT2D eigenvalue weighted by Crippen LogP contribution is 2.28.